The van der Waals surface area contributed by atoms with Crippen LogP contribution in [-0.4, -0.2) is 42.0 Å². The SMILES string of the molecule is CCC(CC)Oc1ccc(-c2nc3c(OC4(C)CC4)ncnc3n2Cc2cc(C)ccn2)c(Cl)c1.CCCC(C)=O. The number of hydrogen-bond acceptors (Lipinski definition) is 7. The van der Waals surface area contributed by atoms with E-state index in [1.165, 1.54) is 6.33 Å². The molecule has 0 radical (unpaired) electrons. The van der Waals surface area contributed by atoms with Crippen LogP contribution in [0.1, 0.15) is 84.4 Å². The number of halogens is 1. The molecular formula is C32H40ClN5O3. The molecule has 1 saturated carbocycles. The molecule has 0 aliphatic heterocycles. The van der Waals surface area contributed by atoms with Gasteiger partial charge in [-0.3, -0.25) is 4.98 Å². The molecule has 3 heterocycles. The van der Waals surface area contributed by atoms with Gasteiger partial charge < -0.3 is 18.8 Å². The molecule has 41 heavy (non-hydrogen) atoms. The topological polar surface area (TPSA) is 92.0 Å². The number of rotatable bonds is 11. The Morgan fingerprint density at radius 3 is 2.44 bits per heavy atom. The van der Waals surface area contributed by atoms with Crippen LogP contribution in [0.4, 0.5) is 0 Å². The van der Waals surface area contributed by atoms with Crippen molar-refractivity contribution >= 4 is 28.5 Å². The van der Waals surface area contributed by atoms with Gasteiger partial charge in [-0.1, -0.05) is 32.4 Å². The second-order valence-electron chi connectivity index (χ2n) is 10.9. The summed E-state index contributed by atoms with van der Waals surface area (Å²) in [6.07, 6.45) is 9.11. The Kier molecular flexibility index (Phi) is 9.97. The van der Waals surface area contributed by atoms with Crippen molar-refractivity contribution in [2.75, 3.05) is 0 Å². The average Bonchev–Trinajstić information content (AvgIpc) is 3.55. The summed E-state index contributed by atoms with van der Waals surface area (Å²) in [5.74, 6) is 2.23. The number of benzene rings is 1. The Hall–Kier alpha value is -3.52. The van der Waals surface area contributed by atoms with E-state index in [0.29, 0.717) is 34.4 Å². The molecule has 1 aliphatic carbocycles. The Bertz CT molecular complexity index is 1490. The number of hydrogen-bond donors (Lipinski definition) is 0. The first-order chi connectivity index (χ1) is 19.7. The van der Waals surface area contributed by atoms with Gasteiger partial charge in [-0.25, -0.2) is 9.97 Å². The Balaban J connectivity index is 0.000000585. The quantitative estimate of drug-likeness (QED) is 0.180. The van der Waals surface area contributed by atoms with E-state index in [1.54, 1.807) is 6.92 Å². The Morgan fingerprint density at radius 1 is 1.10 bits per heavy atom. The zero-order valence-corrected chi connectivity index (χ0v) is 25.7. The predicted octanol–water partition coefficient (Wildman–Crippen LogP) is 7.77. The first-order valence-corrected chi connectivity index (χ1v) is 14.8. The first kappa shape index (κ1) is 30.4. The number of fused-ring (bicyclic) bond motifs is 1. The zero-order chi connectivity index (χ0) is 29.6. The third-order valence-corrected chi connectivity index (χ3v) is 7.40. The van der Waals surface area contributed by atoms with E-state index < -0.39 is 0 Å². The van der Waals surface area contributed by atoms with Crippen LogP contribution < -0.4 is 9.47 Å². The van der Waals surface area contributed by atoms with Crippen LogP contribution in [0.5, 0.6) is 11.6 Å². The summed E-state index contributed by atoms with van der Waals surface area (Å²) < 4.78 is 14.4. The summed E-state index contributed by atoms with van der Waals surface area (Å²) in [7, 11) is 0. The predicted molar refractivity (Wildman–Crippen MR) is 163 cm³/mol. The van der Waals surface area contributed by atoms with Gasteiger partial charge in [0.05, 0.1) is 23.4 Å². The average molecular weight is 578 g/mol. The van der Waals surface area contributed by atoms with Crippen molar-refractivity contribution in [1.29, 1.82) is 0 Å². The van der Waals surface area contributed by atoms with Gasteiger partial charge in [0.1, 0.15) is 29.3 Å². The summed E-state index contributed by atoms with van der Waals surface area (Å²) in [5.41, 5.74) is 3.96. The standard InChI is InChI=1S/C27H30ClN5O2.C5H10O/c1-5-19(6-2)34-20-7-8-21(22(28)14-20)24-32-23-25(30-16-31-26(23)35-27(4)10-11-27)33(24)15-18-13-17(3)9-12-29-18;1-3-4-5(2)6/h7-9,12-14,16,19H,5-6,10-11,15H2,1-4H3;3-4H2,1-2H3. The molecule has 9 heteroatoms. The molecule has 1 aliphatic rings. The van der Waals surface area contributed by atoms with Crippen molar-refractivity contribution in [3.05, 3.63) is 59.1 Å². The monoisotopic (exact) mass is 577 g/mol. The van der Waals surface area contributed by atoms with Crippen LogP contribution in [0.3, 0.4) is 0 Å². The molecule has 1 fully saturated rings. The molecule has 5 rings (SSSR count). The first-order valence-electron chi connectivity index (χ1n) is 14.4. The van der Waals surface area contributed by atoms with Gasteiger partial charge in [0, 0.05) is 18.2 Å². The highest BCUT2D eigenvalue weighted by molar-refractivity contribution is 6.33. The lowest BCUT2D eigenvalue weighted by Crippen LogP contribution is -2.13. The molecular weight excluding hydrogens is 538 g/mol. The lowest BCUT2D eigenvalue weighted by atomic mass is 10.2. The van der Waals surface area contributed by atoms with Crippen LogP contribution in [-0.2, 0) is 11.3 Å². The number of carbonyl (C=O) groups excluding carboxylic acids is 1. The highest BCUT2D eigenvalue weighted by Gasteiger charge is 2.41. The largest absolute Gasteiger partial charge is 0.490 e. The molecule has 0 bridgehead atoms. The summed E-state index contributed by atoms with van der Waals surface area (Å²) in [6.45, 7) is 12.5. The maximum Gasteiger partial charge on any atom is 0.245 e. The maximum atomic E-state index is 10.0. The number of aryl methyl sites for hydroxylation is 1. The molecule has 0 amide bonds. The summed E-state index contributed by atoms with van der Waals surface area (Å²) in [5, 5.41) is 0.562. The molecule has 4 aromatic rings. The number of Topliss-reactive ketones (excluding diaryl/α,β-unsaturated/α-hetero) is 1. The molecule has 8 nitrogen and oxygen atoms in total. The fourth-order valence-electron chi connectivity index (χ4n) is 4.45. The van der Waals surface area contributed by atoms with Crippen molar-refractivity contribution in [2.45, 2.75) is 98.3 Å². The fraction of sp³-hybridized carbons (Fsp3) is 0.469. The number of ether oxygens (including phenoxy) is 2. The lowest BCUT2D eigenvalue weighted by molar-refractivity contribution is -0.117. The maximum absolute atomic E-state index is 10.0. The minimum atomic E-state index is -0.185. The van der Waals surface area contributed by atoms with Crippen molar-refractivity contribution < 1.29 is 14.3 Å². The minimum Gasteiger partial charge on any atom is -0.490 e. The highest BCUT2D eigenvalue weighted by atomic mass is 35.5. The third kappa shape index (κ3) is 7.82. The number of aromatic nitrogens is 5. The van der Waals surface area contributed by atoms with Crippen molar-refractivity contribution in [3.63, 3.8) is 0 Å². The van der Waals surface area contributed by atoms with Crippen LogP contribution in [0, 0.1) is 6.92 Å². The Labute approximate surface area is 247 Å². The van der Waals surface area contributed by atoms with Crippen molar-refractivity contribution in [3.8, 4) is 23.0 Å². The number of pyridine rings is 1. The number of carbonyl (C=O) groups is 1. The van der Waals surface area contributed by atoms with Gasteiger partial charge in [-0.15, -0.1) is 0 Å². The fourth-order valence-corrected chi connectivity index (χ4v) is 4.71. The van der Waals surface area contributed by atoms with E-state index in [0.717, 1.165) is 61.1 Å². The van der Waals surface area contributed by atoms with Gasteiger partial charge in [-0.05, 0) is 88.8 Å². The second kappa shape index (κ2) is 13.4. The Morgan fingerprint density at radius 2 is 1.85 bits per heavy atom. The molecule has 0 unspecified atom stereocenters. The van der Waals surface area contributed by atoms with Crippen molar-refractivity contribution in [2.24, 2.45) is 0 Å². The van der Waals surface area contributed by atoms with E-state index >= 15 is 0 Å². The minimum absolute atomic E-state index is 0.160. The smallest absolute Gasteiger partial charge is 0.245 e. The van der Waals surface area contributed by atoms with Gasteiger partial charge in [0.25, 0.3) is 0 Å². The zero-order valence-electron chi connectivity index (χ0n) is 24.9. The van der Waals surface area contributed by atoms with Crippen LogP contribution in [0.2, 0.25) is 5.02 Å². The second-order valence-corrected chi connectivity index (χ2v) is 11.3. The summed E-state index contributed by atoms with van der Waals surface area (Å²) in [4.78, 5) is 28.6. The van der Waals surface area contributed by atoms with Gasteiger partial charge >= 0.3 is 0 Å². The number of ketones is 1. The highest BCUT2D eigenvalue weighted by Crippen LogP contribution is 2.41. The van der Waals surface area contributed by atoms with Crippen LogP contribution >= 0.6 is 11.6 Å². The lowest BCUT2D eigenvalue weighted by Gasteiger charge is -2.16. The van der Waals surface area contributed by atoms with Gasteiger partial charge in [0.15, 0.2) is 11.2 Å². The van der Waals surface area contributed by atoms with E-state index in [2.05, 4.69) is 48.7 Å². The molecule has 1 aromatic carbocycles. The third-order valence-electron chi connectivity index (χ3n) is 7.08. The van der Waals surface area contributed by atoms with E-state index in [9.17, 15) is 4.79 Å². The summed E-state index contributed by atoms with van der Waals surface area (Å²) >= 11 is 6.80. The molecule has 3 aromatic heterocycles. The van der Waals surface area contributed by atoms with E-state index in [4.69, 9.17) is 26.1 Å². The molecule has 0 N–H and O–H groups in total. The normalized spacial score (nSPS) is 13.6. The van der Waals surface area contributed by atoms with Crippen molar-refractivity contribution in [1.82, 2.24) is 24.5 Å². The molecule has 0 atom stereocenters. The van der Waals surface area contributed by atoms with Gasteiger partial charge in [-0.2, -0.15) is 4.98 Å². The summed E-state index contributed by atoms with van der Waals surface area (Å²) in [6, 6.07) is 9.81. The molecule has 0 spiro atoms. The molecule has 218 valence electrons. The van der Waals surface area contributed by atoms with Crippen LogP contribution in [0.15, 0.2) is 42.9 Å². The number of nitrogens with zero attached hydrogens (tertiary/aromatic N) is 5. The van der Waals surface area contributed by atoms with Crippen LogP contribution in [0.25, 0.3) is 22.6 Å². The van der Waals surface area contributed by atoms with Gasteiger partial charge in [0.2, 0.25) is 5.88 Å². The van der Waals surface area contributed by atoms with E-state index in [1.807, 2.05) is 42.0 Å². The molecule has 0 saturated heterocycles. The number of imidazole rings is 1. The van der Waals surface area contributed by atoms with E-state index in [-0.39, 0.29) is 17.5 Å².